The first kappa shape index (κ1) is 13.4. The third-order valence-corrected chi connectivity index (χ3v) is 4.59. The molecule has 0 aromatic rings. The summed E-state index contributed by atoms with van der Waals surface area (Å²) in [4.78, 5) is 2.65. The van der Waals surface area contributed by atoms with Crippen LogP contribution in [0.25, 0.3) is 0 Å². The fourth-order valence-corrected chi connectivity index (χ4v) is 3.51. The quantitative estimate of drug-likeness (QED) is 0.810. The van der Waals surface area contributed by atoms with Gasteiger partial charge in [0.25, 0.3) is 0 Å². The molecule has 0 radical (unpaired) electrons. The molecular formula is C15H30N2. The molecule has 17 heavy (non-hydrogen) atoms. The van der Waals surface area contributed by atoms with Crippen molar-refractivity contribution in [3.05, 3.63) is 0 Å². The number of rotatable bonds is 4. The summed E-state index contributed by atoms with van der Waals surface area (Å²) in [5.41, 5.74) is 0. The van der Waals surface area contributed by atoms with Crippen molar-refractivity contribution in [1.82, 2.24) is 10.2 Å². The van der Waals surface area contributed by atoms with Crippen LogP contribution in [0.2, 0.25) is 0 Å². The first-order chi connectivity index (χ1) is 8.25. The van der Waals surface area contributed by atoms with Crippen LogP contribution in [0.5, 0.6) is 0 Å². The Balaban J connectivity index is 1.70. The maximum atomic E-state index is 3.87. The third-order valence-electron chi connectivity index (χ3n) is 4.59. The highest BCUT2D eigenvalue weighted by molar-refractivity contribution is 4.82. The van der Waals surface area contributed by atoms with Gasteiger partial charge in [-0.3, -0.25) is 0 Å². The van der Waals surface area contributed by atoms with E-state index >= 15 is 0 Å². The Morgan fingerprint density at radius 3 is 2.47 bits per heavy atom. The van der Waals surface area contributed by atoms with Crippen LogP contribution < -0.4 is 5.32 Å². The van der Waals surface area contributed by atoms with Crippen LogP contribution >= 0.6 is 0 Å². The number of hydrogen-bond donors (Lipinski definition) is 1. The average Bonchev–Trinajstić information content (AvgIpc) is 2.33. The van der Waals surface area contributed by atoms with E-state index in [0.29, 0.717) is 6.04 Å². The van der Waals surface area contributed by atoms with Crippen LogP contribution in [0.3, 0.4) is 0 Å². The molecule has 1 N–H and O–H groups in total. The molecule has 0 aromatic heterocycles. The van der Waals surface area contributed by atoms with E-state index in [1.54, 1.807) is 0 Å². The van der Waals surface area contributed by atoms with Crippen LogP contribution in [0.15, 0.2) is 0 Å². The second kappa shape index (κ2) is 6.75. The molecule has 3 atom stereocenters. The molecule has 0 amide bonds. The van der Waals surface area contributed by atoms with E-state index in [2.05, 4.69) is 24.1 Å². The first-order valence-electron chi connectivity index (χ1n) is 7.74. The van der Waals surface area contributed by atoms with Gasteiger partial charge in [-0.25, -0.2) is 0 Å². The van der Waals surface area contributed by atoms with Gasteiger partial charge in [0.1, 0.15) is 0 Å². The topological polar surface area (TPSA) is 15.3 Å². The largest absolute Gasteiger partial charge is 0.310 e. The second-order valence-corrected chi connectivity index (χ2v) is 6.30. The molecule has 0 bridgehead atoms. The van der Waals surface area contributed by atoms with E-state index < -0.39 is 0 Å². The van der Waals surface area contributed by atoms with Gasteiger partial charge in [-0.15, -0.1) is 0 Å². The van der Waals surface area contributed by atoms with Gasteiger partial charge >= 0.3 is 0 Å². The maximum Gasteiger partial charge on any atom is 0.0169 e. The lowest BCUT2D eigenvalue weighted by Crippen LogP contribution is -2.48. The molecule has 1 saturated heterocycles. The highest BCUT2D eigenvalue weighted by Crippen LogP contribution is 2.24. The van der Waals surface area contributed by atoms with Crippen LogP contribution in [0.4, 0.5) is 0 Å². The van der Waals surface area contributed by atoms with Gasteiger partial charge in [0.15, 0.2) is 0 Å². The molecular weight excluding hydrogens is 208 g/mol. The van der Waals surface area contributed by atoms with Gasteiger partial charge < -0.3 is 10.2 Å². The van der Waals surface area contributed by atoms with Gasteiger partial charge in [-0.05, 0) is 51.6 Å². The molecule has 1 heterocycles. The fourth-order valence-electron chi connectivity index (χ4n) is 3.51. The molecule has 3 unspecified atom stereocenters. The number of nitrogens with zero attached hydrogens (tertiary/aromatic N) is 1. The number of likely N-dealkylation sites (tertiary alicyclic amines) is 1. The Kier molecular flexibility index (Phi) is 5.30. The molecule has 2 heteroatoms. The Morgan fingerprint density at radius 2 is 1.76 bits per heavy atom. The molecule has 100 valence electrons. The molecule has 1 aliphatic carbocycles. The van der Waals surface area contributed by atoms with Gasteiger partial charge in [-0.2, -0.15) is 0 Å². The summed E-state index contributed by atoms with van der Waals surface area (Å²) in [5.74, 6) is 0.882. The Labute approximate surface area is 107 Å². The lowest BCUT2D eigenvalue weighted by atomic mass is 9.85. The van der Waals surface area contributed by atoms with Crippen LogP contribution in [0, 0.1) is 5.92 Å². The van der Waals surface area contributed by atoms with Crippen molar-refractivity contribution >= 4 is 0 Å². The molecule has 0 spiro atoms. The molecule has 2 nitrogen and oxygen atoms in total. The molecule has 2 fully saturated rings. The van der Waals surface area contributed by atoms with E-state index in [0.717, 1.165) is 12.0 Å². The summed E-state index contributed by atoms with van der Waals surface area (Å²) in [7, 11) is 0. The minimum atomic E-state index is 0.665. The van der Waals surface area contributed by atoms with Crippen LogP contribution in [0.1, 0.15) is 58.8 Å². The highest BCUT2D eigenvalue weighted by Gasteiger charge is 2.23. The molecule has 2 aliphatic rings. The summed E-state index contributed by atoms with van der Waals surface area (Å²) in [6.07, 6.45) is 9.95. The van der Waals surface area contributed by atoms with Crippen molar-refractivity contribution in [2.45, 2.75) is 70.9 Å². The predicted molar refractivity (Wildman–Crippen MR) is 74.3 cm³/mol. The Hall–Kier alpha value is -0.0800. The minimum absolute atomic E-state index is 0.665. The summed E-state index contributed by atoms with van der Waals surface area (Å²) in [5, 5.41) is 3.87. The highest BCUT2D eigenvalue weighted by atomic mass is 15.2. The monoisotopic (exact) mass is 238 g/mol. The standard InChI is InChI=1S/C15H30N2/c1-13-8-4-5-9-15(13)16-14(2)12-17-10-6-3-7-11-17/h13-16H,3-12H2,1-2H3. The minimum Gasteiger partial charge on any atom is -0.310 e. The lowest BCUT2D eigenvalue weighted by Gasteiger charge is -2.35. The molecule has 1 saturated carbocycles. The summed E-state index contributed by atoms with van der Waals surface area (Å²) < 4.78 is 0. The van der Waals surface area contributed by atoms with E-state index in [4.69, 9.17) is 0 Å². The number of hydrogen-bond acceptors (Lipinski definition) is 2. The van der Waals surface area contributed by atoms with Crippen LogP contribution in [-0.4, -0.2) is 36.6 Å². The van der Waals surface area contributed by atoms with Crippen molar-refractivity contribution in [1.29, 1.82) is 0 Å². The first-order valence-corrected chi connectivity index (χ1v) is 7.74. The van der Waals surface area contributed by atoms with Crippen LogP contribution in [-0.2, 0) is 0 Å². The van der Waals surface area contributed by atoms with Crippen molar-refractivity contribution < 1.29 is 0 Å². The number of piperidine rings is 1. The summed E-state index contributed by atoms with van der Waals surface area (Å²) >= 11 is 0. The molecule has 0 aromatic carbocycles. The van der Waals surface area contributed by atoms with E-state index in [1.807, 2.05) is 0 Å². The van der Waals surface area contributed by atoms with E-state index in [-0.39, 0.29) is 0 Å². The van der Waals surface area contributed by atoms with Gasteiger partial charge in [-0.1, -0.05) is 26.2 Å². The zero-order valence-corrected chi connectivity index (χ0v) is 11.8. The van der Waals surface area contributed by atoms with Gasteiger partial charge in [0.05, 0.1) is 0 Å². The third kappa shape index (κ3) is 4.26. The smallest absolute Gasteiger partial charge is 0.0169 e. The van der Waals surface area contributed by atoms with Crippen molar-refractivity contribution in [2.75, 3.05) is 19.6 Å². The predicted octanol–water partition coefficient (Wildman–Crippen LogP) is 3.03. The second-order valence-electron chi connectivity index (χ2n) is 6.30. The lowest BCUT2D eigenvalue weighted by molar-refractivity contribution is 0.187. The van der Waals surface area contributed by atoms with Crippen molar-refractivity contribution in [3.8, 4) is 0 Å². The van der Waals surface area contributed by atoms with Gasteiger partial charge in [0, 0.05) is 18.6 Å². The van der Waals surface area contributed by atoms with E-state index in [9.17, 15) is 0 Å². The maximum absolute atomic E-state index is 3.87. The molecule has 2 rings (SSSR count). The fraction of sp³-hybridized carbons (Fsp3) is 1.00. The summed E-state index contributed by atoms with van der Waals surface area (Å²) in [6.45, 7) is 8.70. The summed E-state index contributed by atoms with van der Waals surface area (Å²) in [6, 6.07) is 1.45. The molecule has 1 aliphatic heterocycles. The zero-order valence-electron chi connectivity index (χ0n) is 11.8. The normalized spacial score (nSPS) is 33.5. The van der Waals surface area contributed by atoms with Gasteiger partial charge in [0.2, 0.25) is 0 Å². The average molecular weight is 238 g/mol. The zero-order chi connectivity index (χ0) is 12.1. The Bertz CT molecular complexity index is 211. The SMILES string of the molecule is CC(CN1CCCCC1)NC1CCCCC1C. The van der Waals surface area contributed by atoms with Crippen molar-refractivity contribution in [2.24, 2.45) is 5.92 Å². The van der Waals surface area contributed by atoms with E-state index in [1.165, 1.54) is 64.6 Å². The number of nitrogens with one attached hydrogen (secondary N) is 1. The Morgan fingerprint density at radius 1 is 1.06 bits per heavy atom. The van der Waals surface area contributed by atoms with Crippen molar-refractivity contribution in [3.63, 3.8) is 0 Å².